The molecule has 3 fully saturated rings. The summed E-state index contributed by atoms with van der Waals surface area (Å²) in [6, 6.07) is 29.2. The van der Waals surface area contributed by atoms with Crippen molar-refractivity contribution in [2.75, 3.05) is 43.5 Å². The van der Waals surface area contributed by atoms with Crippen LogP contribution >= 0.6 is 39.1 Å². The minimum absolute atomic E-state index is 0.0280. The molecular formula is C48H41BrCl2N6O7. The smallest absolute Gasteiger partial charge is 0.260 e. The third-order valence-corrected chi connectivity index (χ3v) is 13.9. The quantitative estimate of drug-likeness (QED) is 0.0791. The van der Waals surface area contributed by atoms with Crippen LogP contribution in [0.4, 0.5) is 28.4 Å². The topological polar surface area (TPSA) is 153 Å². The number of allylic oxidation sites excluding steroid dienone is 2. The van der Waals surface area contributed by atoms with Crippen molar-refractivity contribution in [2.24, 2.45) is 33.9 Å². The molecule has 13 nitrogen and oxygen atoms in total. The van der Waals surface area contributed by atoms with E-state index in [-0.39, 0.29) is 41.0 Å². The Bertz CT molecular complexity index is 2790. The maximum absolute atomic E-state index is 15.6. The number of hydrazine groups is 1. The van der Waals surface area contributed by atoms with Crippen LogP contribution in [0.2, 0.25) is 10.0 Å². The number of carbonyl (C=O) groups excluding carboxylic acids is 4. The van der Waals surface area contributed by atoms with Crippen LogP contribution in [0.25, 0.3) is 0 Å². The fourth-order valence-corrected chi connectivity index (χ4v) is 10.9. The number of azo groups is 1. The maximum atomic E-state index is 15.6. The van der Waals surface area contributed by atoms with Crippen molar-refractivity contribution in [1.82, 2.24) is 5.01 Å². The van der Waals surface area contributed by atoms with Crippen LogP contribution in [0.1, 0.15) is 29.9 Å². The lowest BCUT2D eigenvalue weighted by atomic mass is 9.49. The second kappa shape index (κ2) is 16.7. The van der Waals surface area contributed by atoms with E-state index in [1.54, 1.807) is 72.8 Å². The molecule has 2 heterocycles. The zero-order valence-electron chi connectivity index (χ0n) is 35.0. The molecule has 1 saturated carbocycles. The van der Waals surface area contributed by atoms with E-state index in [2.05, 4.69) is 31.6 Å². The van der Waals surface area contributed by atoms with E-state index in [1.807, 2.05) is 49.3 Å². The molecule has 9 rings (SSSR count). The Labute approximate surface area is 387 Å². The normalized spacial score (nSPS) is 23.8. The number of methoxy groups -OCH3 is 2. The number of aromatic hydroxyl groups is 1. The van der Waals surface area contributed by atoms with Gasteiger partial charge in [0.05, 0.1) is 65.2 Å². The monoisotopic (exact) mass is 962 g/mol. The maximum Gasteiger partial charge on any atom is 0.260 e. The molecule has 5 aromatic rings. The second-order valence-electron chi connectivity index (χ2n) is 16.4. The standard InChI is InChI=1S/C48H41BrCl2N6O7/c1-55(2)30-12-8-28(9-13-30)52-53-29-10-14-31(15-11-29)56-44(59)34-19-18-33-35(41(34)46(56)61)24-37-45(60)57(54-39-20-7-27(50)23-38(39)51)47(62)48(37,25-5-16-32(63-3)17-6-25)42(33)36-21-26(49)22-40(64-4)43(36)58/h5-18,20-23,34-35,37,41-42,54,58H,19,24H2,1-4H3/t34-,35+,37-,41-,42+,48+/m0/s1. The number of amides is 4. The van der Waals surface area contributed by atoms with E-state index in [1.165, 1.54) is 25.2 Å². The van der Waals surface area contributed by atoms with Gasteiger partial charge in [-0.05, 0) is 115 Å². The molecule has 0 unspecified atom stereocenters. The van der Waals surface area contributed by atoms with E-state index in [0.717, 1.165) is 10.7 Å². The highest BCUT2D eigenvalue weighted by Crippen LogP contribution is 2.65. The first-order valence-corrected chi connectivity index (χ1v) is 22.0. The Balaban J connectivity index is 1.14. The molecule has 64 heavy (non-hydrogen) atoms. The molecule has 2 saturated heterocycles. The fraction of sp³-hybridized carbons (Fsp3) is 0.250. The average molecular weight is 965 g/mol. The van der Waals surface area contributed by atoms with Gasteiger partial charge in [-0.2, -0.15) is 15.2 Å². The van der Waals surface area contributed by atoms with Crippen LogP contribution in [0.15, 0.2) is 129 Å². The number of benzene rings is 5. The molecule has 0 radical (unpaired) electrons. The van der Waals surface area contributed by atoms with Gasteiger partial charge in [-0.1, -0.05) is 62.9 Å². The van der Waals surface area contributed by atoms with Crippen LogP contribution < -0.4 is 24.7 Å². The number of carbonyl (C=O) groups is 4. The van der Waals surface area contributed by atoms with E-state index in [9.17, 15) is 14.7 Å². The lowest BCUT2D eigenvalue weighted by Crippen LogP contribution is -2.53. The predicted molar refractivity (Wildman–Crippen MR) is 247 cm³/mol. The van der Waals surface area contributed by atoms with Crippen LogP contribution in [0.5, 0.6) is 17.2 Å². The van der Waals surface area contributed by atoms with Gasteiger partial charge in [-0.3, -0.25) is 29.5 Å². The van der Waals surface area contributed by atoms with Crippen molar-refractivity contribution < 1.29 is 33.8 Å². The van der Waals surface area contributed by atoms with Crippen LogP contribution in [0.3, 0.4) is 0 Å². The summed E-state index contributed by atoms with van der Waals surface area (Å²) < 4.78 is 11.7. The van der Waals surface area contributed by atoms with E-state index >= 15 is 9.59 Å². The lowest BCUT2D eigenvalue weighted by molar-refractivity contribution is -0.138. The number of nitrogens with one attached hydrogen (secondary N) is 1. The zero-order chi connectivity index (χ0) is 45.2. The summed E-state index contributed by atoms with van der Waals surface area (Å²) in [4.78, 5) is 63.3. The van der Waals surface area contributed by atoms with Gasteiger partial charge < -0.3 is 19.5 Å². The largest absolute Gasteiger partial charge is 0.504 e. The summed E-state index contributed by atoms with van der Waals surface area (Å²) in [7, 11) is 6.86. The van der Waals surface area contributed by atoms with Crippen molar-refractivity contribution in [1.29, 1.82) is 0 Å². The van der Waals surface area contributed by atoms with Gasteiger partial charge in [-0.25, -0.2) is 0 Å². The van der Waals surface area contributed by atoms with Crippen LogP contribution in [0, 0.1) is 23.7 Å². The van der Waals surface area contributed by atoms with Crippen molar-refractivity contribution in [3.8, 4) is 17.2 Å². The Hall–Kier alpha value is -6.22. The number of phenols is 1. The number of hydrogen-bond acceptors (Lipinski definition) is 11. The Morgan fingerprint density at radius 3 is 2.11 bits per heavy atom. The summed E-state index contributed by atoms with van der Waals surface area (Å²) in [5, 5.41) is 22.3. The number of hydrogen-bond donors (Lipinski definition) is 2. The number of ether oxygens (including phenoxy) is 2. The molecule has 16 heteroatoms. The number of phenolic OH excluding ortho intramolecular Hbond substituents is 1. The summed E-state index contributed by atoms with van der Waals surface area (Å²) >= 11 is 16.4. The first kappa shape index (κ1) is 43.1. The SMILES string of the molecule is COc1ccc([C@@]23C(=O)N(Nc4ccc(Cl)cc4Cl)C(=O)[C@@H]2C[C@@H]2C(=CC[C@@H]4C(=O)N(c5ccc(N=Nc6ccc(N(C)C)cc6)cc5)C(=O)[C@@H]42)[C@@H]3c2cc(Br)cc(OC)c2O)cc1. The molecule has 0 bridgehead atoms. The summed E-state index contributed by atoms with van der Waals surface area (Å²) in [6.45, 7) is 0. The Morgan fingerprint density at radius 2 is 1.48 bits per heavy atom. The Kier molecular flexibility index (Phi) is 11.2. The van der Waals surface area contributed by atoms with Gasteiger partial charge in [-0.15, -0.1) is 0 Å². The molecule has 2 aliphatic heterocycles. The molecular weight excluding hydrogens is 923 g/mol. The summed E-state index contributed by atoms with van der Waals surface area (Å²) in [5.41, 5.74) is 5.56. The first-order valence-electron chi connectivity index (χ1n) is 20.4. The van der Waals surface area contributed by atoms with Crippen molar-refractivity contribution in [3.63, 3.8) is 0 Å². The molecule has 326 valence electrons. The molecule has 2 aliphatic carbocycles. The minimum Gasteiger partial charge on any atom is -0.504 e. The predicted octanol–water partition coefficient (Wildman–Crippen LogP) is 10.1. The number of rotatable bonds is 10. The Morgan fingerprint density at radius 1 is 0.812 bits per heavy atom. The van der Waals surface area contributed by atoms with Gasteiger partial charge in [0.2, 0.25) is 11.8 Å². The molecule has 0 aromatic heterocycles. The number of fused-ring (bicyclic) bond motifs is 4. The van der Waals surface area contributed by atoms with Crippen molar-refractivity contribution in [2.45, 2.75) is 24.2 Å². The molecule has 6 atom stereocenters. The van der Waals surface area contributed by atoms with Gasteiger partial charge in [0.25, 0.3) is 11.8 Å². The number of imide groups is 2. The van der Waals surface area contributed by atoms with Crippen molar-refractivity contribution >= 4 is 91.2 Å². The molecule has 4 aliphatic rings. The third kappa shape index (κ3) is 6.99. The van der Waals surface area contributed by atoms with Gasteiger partial charge >= 0.3 is 0 Å². The fourth-order valence-electron chi connectivity index (χ4n) is 10.0. The third-order valence-electron chi connectivity index (χ3n) is 12.9. The van der Waals surface area contributed by atoms with Crippen LogP contribution in [-0.4, -0.2) is 62.1 Å². The van der Waals surface area contributed by atoms with Gasteiger partial charge in [0, 0.05) is 40.8 Å². The van der Waals surface area contributed by atoms with Crippen molar-refractivity contribution in [3.05, 3.63) is 140 Å². The van der Waals surface area contributed by atoms with E-state index in [0.29, 0.717) is 49.0 Å². The van der Waals surface area contributed by atoms with E-state index < -0.39 is 52.7 Å². The second-order valence-corrected chi connectivity index (χ2v) is 18.2. The molecule has 0 spiro atoms. The minimum atomic E-state index is -1.70. The number of halogens is 3. The summed E-state index contributed by atoms with van der Waals surface area (Å²) in [6.07, 6.45) is 2.12. The van der Waals surface area contributed by atoms with Gasteiger partial charge in [0.15, 0.2) is 11.5 Å². The highest BCUT2D eigenvalue weighted by molar-refractivity contribution is 9.10. The summed E-state index contributed by atoms with van der Waals surface area (Å²) in [5.74, 6) is -6.05. The number of anilines is 3. The van der Waals surface area contributed by atoms with Crippen LogP contribution in [-0.2, 0) is 24.6 Å². The highest BCUT2D eigenvalue weighted by Gasteiger charge is 2.71. The lowest BCUT2D eigenvalue weighted by Gasteiger charge is -2.50. The highest BCUT2D eigenvalue weighted by atomic mass is 79.9. The van der Waals surface area contributed by atoms with Gasteiger partial charge in [0.1, 0.15) is 5.75 Å². The zero-order valence-corrected chi connectivity index (χ0v) is 38.1. The average Bonchev–Trinajstić information content (AvgIpc) is 3.67. The molecule has 4 amide bonds. The number of nitrogens with zero attached hydrogens (tertiary/aromatic N) is 5. The first-order chi connectivity index (χ1) is 30.8. The van der Waals surface area contributed by atoms with E-state index in [4.69, 9.17) is 32.7 Å². The molecule has 5 aromatic carbocycles. The molecule has 2 N–H and O–H groups in total.